The lowest BCUT2D eigenvalue weighted by Crippen LogP contribution is -2.29. The largest absolute Gasteiger partial charge is 0.472 e. The van der Waals surface area contributed by atoms with Crippen LogP contribution in [0, 0.1) is 0 Å². The van der Waals surface area contributed by atoms with Crippen molar-refractivity contribution in [2.75, 3.05) is 33.0 Å². The number of ether oxygens (including phenoxy) is 2. The summed E-state index contributed by atoms with van der Waals surface area (Å²) in [7, 11) is -4.52. The summed E-state index contributed by atoms with van der Waals surface area (Å²) in [4.78, 5) is 22.6. The standard InChI is InChI=1S/C45H85O9P/c1-3-5-7-9-11-13-15-17-19-21-22-23-25-27-29-31-33-35-37-45(48)54-44(42-53-55(49,50)52-40-43(47)39-46)41-51-38-36-34-32-30-28-26-24-20-18-16-14-12-10-8-6-4-2/h6,8,12,14,18,20,43-44,46-47H,3-5,7,9-11,13,15-17,19,21-42H2,1-2H3,(H,49,50)/b8-6-,14-12-,20-18-. The third-order valence-corrected chi connectivity index (χ3v) is 10.5. The fourth-order valence-electron chi connectivity index (χ4n) is 6.19. The van der Waals surface area contributed by atoms with E-state index in [2.05, 4.69) is 50.3 Å². The SMILES string of the molecule is CC/C=C\C/C=C\C/C=C\CCCCCCCCOCC(COP(=O)(O)OCC(O)CO)OC(=O)CCCCCCCCCCCCCCCCCCCC. The molecule has 0 aliphatic rings. The number of hydrogen-bond acceptors (Lipinski definition) is 8. The summed E-state index contributed by atoms with van der Waals surface area (Å²) in [5.74, 6) is -0.385. The molecule has 0 radical (unpaired) electrons. The number of carbonyl (C=O) groups excluding carboxylic acids is 1. The average molecular weight is 801 g/mol. The van der Waals surface area contributed by atoms with Gasteiger partial charge >= 0.3 is 13.8 Å². The molecule has 10 heteroatoms. The van der Waals surface area contributed by atoms with Crippen LogP contribution in [0.15, 0.2) is 36.5 Å². The summed E-state index contributed by atoms with van der Waals surface area (Å²) in [6, 6.07) is 0. The first-order valence-electron chi connectivity index (χ1n) is 22.5. The van der Waals surface area contributed by atoms with Gasteiger partial charge in [-0.2, -0.15) is 0 Å². The Balaban J connectivity index is 4.14. The minimum Gasteiger partial charge on any atom is -0.457 e. The summed E-state index contributed by atoms with van der Waals surface area (Å²) < 4.78 is 33.4. The third-order valence-electron chi connectivity index (χ3n) is 9.59. The number of phosphoric acid groups is 1. The van der Waals surface area contributed by atoms with E-state index in [4.69, 9.17) is 23.6 Å². The third kappa shape index (κ3) is 42.1. The molecule has 0 aromatic heterocycles. The van der Waals surface area contributed by atoms with Crippen molar-refractivity contribution < 1.29 is 43.0 Å². The van der Waals surface area contributed by atoms with E-state index in [1.807, 2.05) is 0 Å². The van der Waals surface area contributed by atoms with Gasteiger partial charge in [0, 0.05) is 13.0 Å². The molecule has 0 fully saturated rings. The lowest BCUT2D eigenvalue weighted by Gasteiger charge is -2.20. The van der Waals surface area contributed by atoms with E-state index in [1.54, 1.807) is 0 Å². The Morgan fingerprint density at radius 3 is 1.56 bits per heavy atom. The summed E-state index contributed by atoms with van der Waals surface area (Å²) in [5, 5.41) is 18.4. The molecule has 0 aromatic carbocycles. The molecule has 55 heavy (non-hydrogen) atoms. The van der Waals surface area contributed by atoms with E-state index in [0.29, 0.717) is 6.61 Å². The molecular weight excluding hydrogens is 715 g/mol. The molecule has 0 saturated heterocycles. The highest BCUT2D eigenvalue weighted by Gasteiger charge is 2.26. The van der Waals surface area contributed by atoms with Crippen molar-refractivity contribution in [1.82, 2.24) is 0 Å². The fourth-order valence-corrected chi connectivity index (χ4v) is 6.98. The minimum absolute atomic E-state index is 0.0428. The van der Waals surface area contributed by atoms with Crippen LogP contribution in [0.3, 0.4) is 0 Å². The maximum absolute atomic E-state index is 12.6. The van der Waals surface area contributed by atoms with Crippen molar-refractivity contribution in [1.29, 1.82) is 0 Å². The van der Waals surface area contributed by atoms with Crippen LogP contribution in [0.2, 0.25) is 0 Å². The second-order valence-corrected chi connectivity index (χ2v) is 16.5. The zero-order valence-corrected chi connectivity index (χ0v) is 36.3. The van der Waals surface area contributed by atoms with Gasteiger partial charge in [-0.05, 0) is 44.9 Å². The second kappa shape index (κ2) is 42.3. The van der Waals surface area contributed by atoms with E-state index < -0.39 is 33.2 Å². The topological polar surface area (TPSA) is 132 Å². The van der Waals surface area contributed by atoms with Crippen molar-refractivity contribution in [3.63, 3.8) is 0 Å². The predicted molar refractivity (Wildman–Crippen MR) is 228 cm³/mol. The van der Waals surface area contributed by atoms with Crippen LogP contribution >= 0.6 is 7.82 Å². The summed E-state index contributed by atoms with van der Waals surface area (Å²) in [6.07, 6.45) is 45.3. The Hall–Kier alpha value is -1.32. The molecule has 324 valence electrons. The van der Waals surface area contributed by atoms with Crippen LogP contribution in [0.25, 0.3) is 0 Å². The molecule has 9 nitrogen and oxygen atoms in total. The van der Waals surface area contributed by atoms with Crippen molar-refractivity contribution in [3.8, 4) is 0 Å². The number of carbonyl (C=O) groups is 1. The zero-order chi connectivity index (χ0) is 40.3. The van der Waals surface area contributed by atoms with Gasteiger partial charge < -0.3 is 24.6 Å². The predicted octanol–water partition coefficient (Wildman–Crippen LogP) is 12.4. The van der Waals surface area contributed by atoms with Crippen LogP contribution in [0.4, 0.5) is 0 Å². The van der Waals surface area contributed by atoms with E-state index in [9.17, 15) is 19.4 Å². The fraction of sp³-hybridized carbons (Fsp3) is 0.844. The number of unbranched alkanes of at least 4 members (excludes halogenated alkanes) is 23. The normalized spacial score (nSPS) is 14.3. The van der Waals surface area contributed by atoms with Crippen molar-refractivity contribution in [2.24, 2.45) is 0 Å². The van der Waals surface area contributed by atoms with E-state index in [-0.39, 0.29) is 25.6 Å². The lowest BCUT2D eigenvalue weighted by molar-refractivity contribution is -0.154. The average Bonchev–Trinajstić information content (AvgIpc) is 3.18. The summed E-state index contributed by atoms with van der Waals surface area (Å²) in [5.41, 5.74) is 0. The number of allylic oxidation sites excluding steroid dienone is 6. The molecule has 0 aliphatic heterocycles. The molecule has 0 heterocycles. The first kappa shape index (κ1) is 53.7. The van der Waals surface area contributed by atoms with Gasteiger partial charge in [-0.1, -0.05) is 185 Å². The quantitative estimate of drug-likeness (QED) is 0.0239. The summed E-state index contributed by atoms with van der Waals surface area (Å²) in [6.45, 7) is 3.40. The van der Waals surface area contributed by atoms with Gasteiger partial charge in [-0.15, -0.1) is 0 Å². The Morgan fingerprint density at radius 1 is 0.582 bits per heavy atom. The summed E-state index contributed by atoms with van der Waals surface area (Å²) >= 11 is 0. The monoisotopic (exact) mass is 801 g/mol. The molecule has 0 bridgehead atoms. The van der Waals surface area contributed by atoms with Crippen molar-refractivity contribution >= 4 is 13.8 Å². The molecule has 3 N–H and O–H groups in total. The zero-order valence-electron chi connectivity index (χ0n) is 35.4. The number of phosphoric ester groups is 1. The van der Waals surface area contributed by atoms with Gasteiger partial charge in [0.15, 0.2) is 0 Å². The molecular formula is C45H85O9P. The van der Waals surface area contributed by atoms with Gasteiger partial charge in [-0.25, -0.2) is 4.57 Å². The Bertz CT molecular complexity index is 955. The van der Waals surface area contributed by atoms with Crippen LogP contribution in [0.1, 0.15) is 200 Å². The Labute approximate surface area is 337 Å². The van der Waals surface area contributed by atoms with Crippen LogP contribution in [-0.2, 0) is 27.9 Å². The number of aliphatic hydroxyl groups is 2. The molecule has 3 atom stereocenters. The Morgan fingerprint density at radius 2 is 1.04 bits per heavy atom. The van der Waals surface area contributed by atoms with E-state index >= 15 is 0 Å². The molecule has 0 amide bonds. The maximum Gasteiger partial charge on any atom is 0.472 e. The van der Waals surface area contributed by atoms with Crippen LogP contribution in [-0.4, -0.2) is 66.3 Å². The lowest BCUT2D eigenvalue weighted by atomic mass is 10.0. The highest BCUT2D eigenvalue weighted by molar-refractivity contribution is 7.47. The molecule has 3 unspecified atom stereocenters. The van der Waals surface area contributed by atoms with Gasteiger partial charge in [0.05, 0.1) is 26.4 Å². The maximum atomic E-state index is 12.6. The highest BCUT2D eigenvalue weighted by atomic mass is 31.2. The molecule has 0 saturated carbocycles. The number of esters is 1. The molecule has 0 aromatic rings. The van der Waals surface area contributed by atoms with E-state index in [1.165, 1.54) is 116 Å². The van der Waals surface area contributed by atoms with E-state index in [0.717, 1.165) is 64.2 Å². The number of hydrogen-bond donors (Lipinski definition) is 3. The second-order valence-electron chi connectivity index (χ2n) is 15.0. The Kier molecular flexibility index (Phi) is 41.3. The van der Waals surface area contributed by atoms with Crippen LogP contribution < -0.4 is 0 Å². The molecule has 0 spiro atoms. The number of aliphatic hydroxyl groups excluding tert-OH is 2. The van der Waals surface area contributed by atoms with Gasteiger partial charge in [0.2, 0.25) is 0 Å². The van der Waals surface area contributed by atoms with Crippen molar-refractivity contribution in [2.45, 2.75) is 212 Å². The van der Waals surface area contributed by atoms with Crippen LogP contribution in [0.5, 0.6) is 0 Å². The smallest absolute Gasteiger partial charge is 0.457 e. The molecule has 0 rings (SSSR count). The van der Waals surface area contributed by atoms with Gasteiger partial charge in [0.1, 0.15) is 12.2 Å². The first-order valence-corrected chi connectivity index (χ1v) is 24.0. The van der Waals surface area contributed by atoms with Gasteiger partial charge in [0.25, 0.3) is 0 Å². The van der Waals surface area contributed by atoms with Gasteiger partial charge in [-0.3, -0.25) is 13.8 Å². The first-order chi connectivity index (χ1) is 26.8. The molecule has 0 aliphatic carbocycles. The van der Waals surface area contributed by atoms with Crippen molar-refractivity contribution in [3.05, 3.63) is 36.5 Å². The highest BCUT2D eigenvalue weighted by Crippen LogP contribution is 2.43. The number of rotatable bonds is 43. The minimum atomic E-state index is -4.52.